The van der Waals surface area contributed by atoms with Crippen LogP contribution in [0.1, 0.15) is 0 Å². The highest BCUT2D eigenvalue weighted by atomic mass is 16.8. The van der Waals surface area contributed by atoms with Gasteiger partial charge in [-0.15, -0.1) is 0 Å². The molecule has 0 radical (unpaired) electrons. The van der Waals surface area contributed by atoms with Crippen molar-refractivity contribution in [3.63, 3.8) is 0 Å². The van der Waals surface area contributed by atoms with Gasteiger partial charge in [-0.05, 0) is 0 Å². The molecule has 0 saturated carbocycles. The van der Waals surface area contributed by atoms with Gasteiger partial charge in [0.15, 0.2) is 0 Å². The topological polar surface area (TPSA) is 96.2 Å². The third kappa shape index (κ3) is 7.41. The number of carboxylic acids is 1. The van der Waals surface area contributed by atoms with E-state index in [1.807, 2.05) is 0 Å². The third-order valence-electron chi connectivity index (χ3n) is 1.03. The molecule has 0 bridgehead atoms. The van der Waals surface area contributed by atoms with Crippen LogP contribution in [-0.4, -0.2) is 47.1 Å². The van der Waals surface area contributed by atoms with Gasteiger partial charge < -0.3 is 24.8 Å². The van der Waals surface area contributed by atoms with Crippen LogP contribution < -0.4 is 0 Å². The van der Waals surface area contributed by atoms with Gasteiger partial charge in [-0.25, -0.2) is 4.79 Å². The molecule has 76 valence electrons. The molecule has 0 atom stereocenters. The molecule has 0 aromatic carbocycles. The molecule has 6 nitrogen and oxygen atoms in total. The zero-order valence-electron chi connectivity index (χ0n) is 6.97. The van der Waals surface area contributed by atoms with Gasteiger partial charge in [0.2, 0.25) is 0 Å². The van der Waals surface area contributed by atoms with Crippen molar-refractivity contribution in [3.05, 3.63) is 12.7 Å². The van der Waals surface area contributed by atoms with Crippen molar-refractivity contribution in [2.24, 2.45) is 0 Å². The second kappa shape index (κ2) is 5.65. The van der Waals surface area contributed by atoms with E-state index in [0.29, 0.717) is 6.61 Å². The minimum absolute atomic E-state index is 0.160. The van der Waals surface area contributed by atoms with E-state index in [4.69, 9.17) is 15.3 Å². The third-order valence-corrected chi connectivity index (χ3v) is 1.03. The van der Waals surface area contributed by atoms with Crippen LogP contribution >= 0.6 is 0 Å². The van der Waals surface area contributed by atoms with E-state index in [1.165, 1.54) is 0 Å². The van der Waals surface area contributed by atoms with Crippen molar-refractivity contribution in [2.45, 2.75) is 5.97 Å². The Balaban J connectivity index is 0.000000252. The van der Waals surface area contributed by atoms with E-state index in [9.17, 15) is 4.79 Å². The zero-order chi connectivity index (χ0) is 10.3. The fourth-order valence-corrected chi connectivity index (χ4v) is 0.511. The lowest BCUT2D eigenvalue weighted by Gasteiger charge is -2.25. The monoisotopic (exact) mass is 192 g/mol. The molecule has 0 spiro atoms. The van der Waals surface area contributed by atoms with Crippen LogP contribution in [0.2, 0.25) is 0 Å². The van der Waals surface area contributed by atoms with Crippen LogP contribution in [0.3, 0.4) is 0 Å². The Morgan fingerprint density at radius 3 is 2.15 bits per heavy atom. The zero-order valence-corrected chi connectivity index (χ0v) is 6.97. The van der Waals surface area contributed by atoms with Gasteiger partial charge in [-0.2, -0.15) is 0 Å². The molecule has 3 N–H and O–H groups in total. The first-order chi connectivity index (χ1) is 5.98. The molecular formula is C7H12O6. The summed E-state index contributed by atoms with van der Waals surface area (Å²) in [5.74, 6) is -3.02. The lowest BCUT2D eigenvalue weighted by Crippen LogP contribution is -2.42. The van der Waals surface area contributed by atoms with Crippen molar-refractivity contribution in [3.8, 4) is 0 Å². The van der Waals surface area contributed by atoms with E-state index in [0.717, 1.165) is 6.08 Å². The molecule has 0 aromatic heterocycles. The van der Waals surface area contributed by atoms with Crippen molar-refractivity contribution >= 4 is 5.97 Å². The van der Waals surface area contributed by atoms with E-state index in [-0.39, 0.29) is 13.2 Å². The summed E-state index contributed by atoms with van der Waals surface area (Å²) in [5.41, 5.74) is 0. The number of ether oxygens (including phenoxy) is 2. The summed E-state index contributed by atoms with van der Waals surface area (Å²) in [7, 11) is 0. The predicted molar refractivity (Wildman–Crippen MR) is 41.8 cm³/mol. The van der Waals surface area contributed by atoms with E-state index in [2.05, 4.69) is 16.1 Å². The SMILES string of the molecule is C=CC(=O)O.OC1(O)COCCO1. The first kappa shape index (κ1) is 12.0. The van der Waals surface area contributed by atoms with E-state index in [1.54, 1.807) is 0 Å². The molecule has 1 aliphatic rings. The summed E-state index contributed by atoms with van der Waals surface area (Å²) in [4.78, 5) is 9.25. The Hall–Kier alpha value is -0.950. The van der Waals surface area contributed by atoms with Crippen molar-refractivity contribution in [2.75, 3.05) is 19.8 Å². The largest absolute Gasteiger partial charge is 0.478 e. The standard InChI is InChI=1S/C4H8O4.C3H4O2/c5-4(6)3-7-1-2-8-4;1-2-3(4)5/h5-6H,1-3H2;2H,1H2,(H,4,5). The first-order valence-corrected chi connectivity index (χ1v) is 3.50. The van der Waals surface area contributed by atoms with Crippen LogP contribution in [0, 0.1) is 0 Å². The lowest BCUT2D eigenvalue weighted by atomic mass is 10.5. The molecule has 1 rings (SSSR count). The number of aliphatic hydroxyl groups is 2. The summed E-state index contributed by atoms with van der Waals surface area (Å²) in [5, 5.41) is 24.8. The maximum Gasteiger partial charge on any atom is 0.327 e. The second-order valence-electron chi connectivity index (χ2n) is 2.19. The predicted octanol–water partition coefficient (Wildman–Crippen LogP) is -1.07. The number of hydrogen-bond acceptors (Lipinski definition) is 5. The second-order valence-corrected chi connectivity index (χ2v) is 2.19. The normalized spacial score (nSPS) is 19.5. The summed E-state index contributed by atoms with van der Waals surface area (Å²) >= 11 is 0. The molecule has 6 heteroatoms. The van der Waals surface area contributed by atoms with Gasteiger partial charge in [0, 0.05) is 6.08 Å². The summed E-state index contributed by atoms with van der Waals surface area (Å²) in [6.45, 7) is 3.48. The molecule has 0 amide bonds. The van der Waals surface area contributed by atoms with Crippen molar-refractivity contribution in [1.29, 1.82) is 0 Å². The number of carboxylic acid groups (broad SMARTS) is 1. The smallest absolute Gasteiger partial charge is 0.327 e. The summed E-state index contributed by atoms with van der Waals surface area (Å²) in [6, 6.07) is 0. The van der Waals surface area contributed by atoms with Gasteiger partial charge in [0.1, 0.15) is 6.61 Å². The molecule has 13 heavy (non-hydrogen) atoms. The minimum atomic E-state index is -2.04. The lowest BCUT2D eigenvalue weighted by molar-refractivity contribution is -0.378. The van der Waals surface area contributed by atoms with Gasteiger partial charge in [-0.3, -0.25) is 0 Å². The molecule has 0 aliphatic carbocycles. The number of aliphatic carboxylic acids is 1. The van der Waals surface area contributed by atoms with Crippen LogP contribution in [0.15, 0.2) is 12.7 Å². The fraction of sp³-hybridized carbons (Fsp3) is 0.571. The number of rotatable bonds is 1. The Kier molecular flexibility index (Phi) is 5.24. The van der Waals surface area contributed by atoms with Gasteiger partial charge in [-0.1, -0.05) is 6.58 Å². The molecule has 0 unspecified atom stereocenters. The van der Waals surface area contributed by atoms with Crippen LogP contribution in [0.25, 0.3) is 0 Å². The minimum Gasteiger partial charge on any atom is -0.478 e. The quantitative estimate of drug-likeness (QED) is 0.361. The van der Waals surface area contributed by atoms with Gasteiger partial charge >= 0.3 is 11.9 Å². The maximum absolute atomic E-state index is 9.25. The van der Waals surface area contributed by atoms with Crippen LogP contribution in [0.5, 0.6) is 0 Å². The van der Waals surface area contributed by atoms with Gasteiger partial charge in [0.05, 0.1) is 13.2 Å². The molecule has 1 fully saturated rings. The fourth-order valence-electron chi connectivity index (χ4n) is 0.511. The number of hydrogen-bond donors (Lipinski definition) is 3. The Morgan fingerprint density at radius 2 is 2.00 bits per heavy atom. The molecule has 1 saturated heterocycles. The molecular weight excluding hydrogens is 180 g/mol. The Bertz CT molecular complexity index is 168. The highest BCUT2D eigenvalue weighted by molar-refractivity contribution is 5.78. The molecule has 1 aliphatic heterocycles. The van der Waals surface area contributed by atoms with Crippen LogP contribution in [0.4, 0.5) is 0 Å². The van der Waals surface area contributed by atoms with Crippen LogP contribution in [-0.2, 0) is 14.3 Å². The maximum atomic E-state index is 9.25. The summed E-state index contributed by atoms with van der Waals surface area (Å²) in [6.07, 6.45) is 0.833. The van der Waals surface area contributed by atoms with Crippen molar-refractivity contribution < 1.29 is 29.6 Å². The van der Waals surface area contributed by atoms with Gasteiger partial charge in [0.25, 0.3) is 0 Å². The Labute approximate surface area is 75.0 Å². The molecule has 1 heterocycles. The highest BCUT2D eigenvalue weighted by Gasteiger charge is 2.27. The first-order valence-electron chi connectivity index (χ1n) is 3.50. The summed E-state index contributed by atoms with van der Waals surface area (Å²) < 4.78 is 9.11. The average molecular weight is 192 g/mol. The average Bonchev–Trinajstić information content (AvgIpc) is 2.05. The Morgan fingerprint density at radius 1 is 1.46 bits per heavy atom. The van der Waals surface area contributed by atoms with E-state index < -0.39 is 11.9 Å². The highest BCUT2D eigenvalue weighted by Crippen LogP contribution is 2.06. The van der Waals surface area contributed by atoms with Crippen molar-refractivity contribution in [1.82, 2.24) is 0 Å². The number of carbonyl (C=O) groups is 1. The molecule has 0 aromatic rings. The van der Waals surface area contributed by atoms with E-state index >= 15 is 0 Å².